The van der Waals surface area contributed by atoms with Gasteiger partial charge in [-0.2, -0.15) is 0 Å². The Balaban J connectivity index is 1.72. The Morgan fingerprint density at radius 1 is 0.939 bits per heavy atom. The fourth-order valence-corrected chi connectivity index (χ4v) is 4.16. The molecule has 0 unspecified atom stereocenters. The molecule has 3 amide bonds. The Hall–Kier alpha value is -2.48. The number of carbonyl (C=O) groups excluding carboxylic acids is 2. The van der Waals surface area contributed by atoms with Gasteiger partial charge in [-0.3, -0.25) is 4.79 Å². The molecule has 1 saturated heterocycles. The predicted octanol–water partition coefficient (Wildman–Crippen LogP) is 5.31. The molecule has 0 aliphatic carbocycles. The van der Waals surface area contributed by atoms with E-state index in [1.54, 1.807) is 24.3 Å². The lowest BCUT2D eigenvalue weighted by Crippen LogP contribution is -2.35. The average molecular weight is 492 g/mol. The lowest BCUT2D eigenvalue weighted by atomic mass is 10.1. The van der Waals surface area contributed by atoms with Gasteiger partial charge in [0.15, 0.2) is 0 Å². The minimum atomic E-state index is -0.435. The second kappa shape index (κ2) is 12.1. The number of carbonyl (C=O) groups is 2. The van der Waals surface area contributed by atoms with Crippen LogP contribution in [0.3, 0.4) is 0 Å². The third-order valence-electron chi connectivity index (χ3n) is 5.73. The van der Waals surface area contributed by atoms with Crippen molar-refractivity contribution in [2.24, 2.45) is 0 Å². The largest absolute Gasteiger partial charge is 0.371 e. The molecule has 0 atom stereocenters. The second-order valence-electron chi connectivity index (χ2n) is 7.92. The molecule has 33 heavy (non-hydrogen) atoms. The van der Waals surface area contributed by atoms with Crippen LogP contribution in [0.1, 0.15) is 37.0 Å². The van der Waals surface area contributed by atoms with Gasteiger partial charge in [-0.1, -0.05) is 37.0 Å². The molecular weight excluding hydrogens is 461 g/mol. The molecule has 2 aromatic rings. The summed E-state index contributed by atoms with van der Waals surface area (Å²) in [6.07, 6.45) is 2.21. The van der Waals surface area contributed by atoms with E-state index in [1.807, 2.05) is 12.1 Å². The highest BCUT2D eigenvalue weighted by Gasteiger charge is 2.20. The lowest BCUT2D eigenvalue weighted by molar-refractivity contribution is 0.0949. The highest BCUT2D eigenvalue weighted by molar-refractivity contribution is 6.42. The highest BCUT2D eigenvalue weighted by Crippen LogP contribution is 2.28. The van der Waals surface area contributed by atoms with Crippen LogP contribution in [0.5, 0.6) is 0 Å². The van der Waals surface area contributed by atoms with E-state index >= 15 is 0 Å². The molecule has 178 valence electrons. The maximum atomic E-state index is 13.1. The first-order valence-corrected chi connectivity index (χ1v) is 12.1. The van der Waals surface area contributed by atoms with Crippen molar-refractivity contribution in [2.75, 3.05) is 54.8 Å². The van der Waals surface area contributed by atoms with Crippen LogP contribution in [-0.2, 0) is 0 Å². The van der Waals surface area contributed by atoms with Crippen LogP contribution in [0.25, 0.3) is 0 Å². The van der Waals surface area contributed by atoms with Gasteiger partial charge in [0.25, 0.3) is 5.91 Å². The number of nitrogens with zero attached hydrogens (tertiary/aromatic N) is 2. The third kappa shape index (κ3) is 7.00. The average Bonchev–Trinajstić information content (AvgIpc) is 3.34. The molecule has 1 aliphatic rings. The van der Waals surface area contributed by atoms with Crippen molar-refractivity contribution in [1.82, 2.24) is 10.2 Å². The van der Waals surface area contributed by atoms with Crippen molar-refractivity contribution in [3.8, 4) is 0 Å². The van der Waals surface area contributed by atoms with Crippen molar-refractivity contribution in [1.29, 1.82) is 0 Å². The van der Waals surface area contributed by atoms with Gasteiger partial charge in [0.05, 0.1) is 15.6 Å². The Kier molecular flexibility index (Phi) is 9.23. The first-order chi connectivity index (χ1) is 15.9. The lowest BCUT2D eigenvalue weighted by Gasteiger charge is -2.23. The summed E-state index contributed by atoms with van der Waals surface area (Å²) >= 11 is 11.9. The molecule has 3 rings (SSSR count). The zero-order valence-electron chi connectivity index (χ0n) is 19.1. The van der Waals surface area contributed by atoms with E-state index in [-0.39, 0.29) is 5.91 Å². The molecule has 0 saturated carbocycles. The van der Waals surface area contributed by atoms with Crippen LogP contribution >= 0.6 is 23.2 Å². The van der Waals surface area contributed by atoms with Crippen molar-refractivity contribution in [3.63, 3.8) is 0 Å². The monoisotopic (exact) mass is 491 g/mol. The number of hydrogen-bond acceptors (Lipinski definition) is 4. The number of anilines is 3. The van der Waals surface area contributed by atoms with E-state index in [0.29, 0.717) is 33.5 Å². The zero-order valence-corrected chi connectivity index (χ0v) is 20.6. The van der Waals surface area contributed by atoms with Gasteiger partial charge < -0.3 is 25.8 Å². The molecule has 0 bridgehead atoms. The van der Waals surface area contributed by atoms with Gasteiger partial charge >= 0.3 is 6.03 Å². The van der Waals surface area contributed by atoms with Gasteiger partial charge in [0.1, 0.15) is 0 Å². The molecule has 1 fully saturated rings. The maximum absolute atomic E-state index is 13.1. The number of halogens is 2. The van der Waals surface area contributed by atoms with Crippen LogP contribution in [0, 0.1) is 0 Å². The zero-order chi connectivity index (χ0) is 23.8. The number of benzene rings is 2. The van der Waals surface area contributed by atoms with E-state index in [9.17, 15) is 9.59 Å². The van der Waals surface area contributed by atoms with Gasteiger partial charge in [0.2, 0.25) is 0 Å². The quantitative estimate of drug-likeness (QED) is 0.444. The van der Waals surface area contributed by atoms with Gasteiger partial charge in [0, 0.05) is 43.2 Å². The Morgan fingerprint density at radius 3 is 2.21 bits per heavy atom. The predicted molar refractivity (Wildman–Crippen MR) is 137 cm³/mol. The van der Waals surface area contributed by atoms with E-state index in [4.69, 9.17) is 23.2 Å². The Labute approximate surface area is 205 Å². The summed E-state index contributed by atoms with van der Waals surface area (Å²) in [5.41, 5.74) is 2.50. The molecule has 9 heteroatoms. The third-order valence-corrected chi connectivity index (χ3v) is 6.47. The van der Waals surface area contributed by atoms with Crippen LogP contribution in [0.4, 0.5) is 21.9 Å². The minimum absolute atomic E-state index is 0.141. The number of urea groups is 1. The molecule has 3 N–H and O–H groups in total. The molecule has 1 aliphatic heterocycles. The summed E-state index contributed by atoms with van der Waals surface area (Å²) in [5.74, 6) is -0.141. The minimum Gasteiger partial charge on any atom is -0.371 e. The van der Waals surface area contributed by atoms with Crippen LogP contribution < -0.4 is 20.9 Å². The summed E-state index contributed by atoms with van der Waals surface area (Å²) in [7, 11) is 0. The fourth-order valence-electron chi connectivity index (χ4n) is 3.86. The van der Waals surface area contributed by atoms with Crippen molar-refractivity contribution in [3.05, 3.63) is 52.0 Å². The smallest absolute Gasteiger partial charge is 0.323 e. The normalized spacial score (nSPS) is 13.3. The Bertz CT molecular complexity index is 975. The van der Waals surface area contributed by atoms with Gasteiger partial charge in [-0.25, -0.2) is 4.79 Å². The number of nitrogens with one attached hydrogen (secondary N) is 3. The summed E-state index contributed by atoms with van der Waals surface area (Å²) in [5, 5.41) is 9.32. The summed E-state index contributed by atoms with van der Waals surface area (Å²) in [6, 6.07) is 9.87. The molecule has 0 spiro atoms. The molecule has 0 radical (unpaired) electrons. The molecule has 0 aromatic heterocycles. The number of hydrogen-bond donors (Lipinski definition) is 3. The van der Waals surface area contributed by atoms with E-state index < -0.39 is 6.03 Å². The first kappa shape index (κ1) is 25.1. The SMILES string of the molecule is CCN(CC)CCNC(=O)c1cc(NC(=O)Nc2ccc(Cl)c(Cl)c2)ccc1N1CCCC1. The highest BCUT2D eigenvalue weighted by atomic mass is 35.5. The topological polar surface area (TPSA) is 76.7 Å². The van der Waals surface area contributed by atoms with Crippen molar-refractivity contribution < 1.29 is 9.59 Å². The fraction of sp³-hybridized carbons (Fsp3) is 0.417. The van der Waals surface area contributed by atoms with Crippen LogP contribution in [0.2, 0.25) is 10.0 Å². The molecule has 2 aromatic carbocycles. The number of amides is 3. The summed E-state index contributed by atoms with van der Waals surface area (Å²) in [6.45, 7) is 9.30. The molecule has 7 nitrogen and oxygen atoms in total. The van der Waals surface area contributed by atoms with E-state index in [2.05, 4.69) is 39.6 Å². The van der Waals surface area contributed by atoms with E-state index in [0.717, 1.165) is 51.3 Å². The van der Waals surface area contributed by atoms with Crippen LogP contribution in [0.15, 0.2) is 36.4 Å². The van der Waals surface area contributed by atoms with Crippen molar-refractivity contribution >= 4 is 52.2 Å². The first-order valence-electron chi connectivity index (χ1n) is 11.3. The maximum Gasteiger partial charge on any atom is 0.323 e. The van der Waals surface area contributed by atoms with Gasteiger partial charge in [-0.15, -0.1) is 0 Å². The van der Waals surface area contributed by atoms with Gasteiger partial charge in [-0.05, 0) is 62.3 Å². The molecule has 1 heterocycles. The summed E-state index contributed by atoms with van der Waals surface area (Å²) < 4.78 is 0. The number of rotatable bonds is 9. The Morgan fingerprint density at radius 2 is 1.58 bits per heavy atom. The second-order valence-corrected chi connectivity index (χ2v) is 8.73. The summed E-state index contributed by atoms with van der Waals surface area (Å²) in [4.78, 5) is 30.0. The standard InChI is InChI=1S/C24H31Cl2N5O2/c1-3-30(4-2)14-11-27-23(32)19-15-17(8-10-22(19)31-12-5-6-13-31)28-24(33)29-18-7-9-20(25)21(26)16-18/h7-10,15-16H,3-6,11-14H2,1-2H3,(H,27,32)(H2,28,29,33). The van der Waals surface area contributed by atoms with E-state index in [1.165, 1.54) is 0 Å². The van der Waals surface area contributed by atoms with Crippen molar-refractivity contribution in [2.45, 2.75) is 26.7 Å². The molecular formula is C24H31Cl2N5O2. The van der Waals surface area contributed by atoms with Crippen LogP contribution in [-0.4, -0.2) is 56.1 Å². The number of likely N-dealkylation sites (N-methyl/N-ethyl adjacent to an activating group) is 1.